The molecule has 2 aromatic rings. The number of nitrogens with zero attached hydrogens (tertiary/aromatic N) is 2. The SMILES string of the molecule is CN1CCC(c2cc3[nH]ncc3cc2F)C(F)C1. The molecule has 2 heterocycles. The van der Waals surface area contributed by atoms with E-state index in [1.54, 1.807) is 12.3 Å². The van der Waals surface area contributed by atoms with E-state index in [9.17, 15) is 8.78 Å². The molecule has 1 saturated heterocycles. The van der Waals surface area contributed by atoms with Crippen molar-refractivity contribution in [3.8, 4) is 0 Å². The fraction of sp³-hybridized carbons (Fsp3) is 0.462. The van der Waals surface area contributed by atoms with Gasteiger partial charge in [-0.2, -0.15) is 5.10 Å². The van der Waals surface area contributed by atoms with Crippen LogP contribution >= 0.6 is 0 Å². The second-order valence-corrected chi connectivity index (χ2v) is 5.00. The van der Waals surface area contributed by atoms with E-state index in [4.69, 9.17) is 0 Å². The normalized spacial score (nSPS) is 25.7. The zero-order valence-electron chi connectivity index (χ0n) is 10.2. The number of rotatable bonds is 1. The van der Waals surface area contributed by atoms with Crippen molar-refractivity contribution in [1.82, 2.24) is 15.1 Å². The van der Waals surface area contributed by atoms with Crippen LogP contribution in [0.5, 0.6) is 0 Å². The number of aromatic amines is 1. The van der Waals surface area contributed by atoms with E-state index in [1.807, 2.05) is 11.9 Å². The van der Waals surface area contributed by atoms with Crippen LogP contribution in [0.15, 0.2) is 18.3 Å². The largest absolute Gasteiger partial charge is 0.303 e. The molecule has 1 N–H and O–H groups in total. The molecule has 0 aliphatic carbocycles. The predicted molar refractivity (Wildman–Crippen MR) is 65.8 cm³/mol. The molecule has 1 aliphatic heterocycles. The summed E-state index contributed by atoms with van der Waals surface area (Å²) >= 11 is 0. The highest BCUT2D eigenvalue weighted by molar-refractivity contribution is 5.78. The third-order valence-corrected chi connectivity index (χ3v) is 3.70. The van der Waals surface area contributed by atoms with Crippen LogP contribution in [-0.2, 0) is 0 Å². The molecule has 0 amide bonds. The van der Waals surface area contributed by atoms with Crippen molar-refractivity contribution < 1.29 is 8.78 Å². The molecule has 96 valence electrons. The Labute approximate surface area is 104 Å². The molecular formula is C13H15F2N3. The first-order valence-corrected chi connectivity index (χ1v) is 6.10. The van der Waals surface area contributed by atoms with Crippen molar-refractivity contribution in [2.24, 2.45) is 0 Å². The molecule has 18 heavy (non-hydrogen) atoms. The molecule has 1 aromatic carbocycles. The van der Waals surface area contributed by atoms with Crippen molar-refractivity contribution in [2.75, 3.05) is 20.1 Å². The van der Waals surface area contributed by atoms with E-state index in [0.717, 1.165) is 17.4 Å². The van der Waals surface area contributed by atoms with Gasteiger partial charge in [-0.05, 0) is 37.7 Å². The Hall–Kier alpha value is -1.49. The Kier molecular flexibility index (Phi) is 2.78. The van der Waals surface area contributed by atoms with Crippen LogP contribution in [0, 0.1) is 5.82 Å². The summed E-state index contributed by atoms with van der Waals surface area (Å²) in [7, 11) is 1.89. The molecule has 0 saturated carbocycles. The van der Waals surface area contributed by atoms with Gasteiger partial charge in [-0.3, -0.25) is 5.10 Å². The molecule has 5 heteroatoms. The summed E-state index contributed by atoms with van der Waals surface area (Å²) in [4.78, 5) is 1.94. The number of halogens is 2. The van der Waals surface area contributed by atoms with Gasteiger partial charge in [0.15, 0.2) is 0 Å². The Balaban J connectivity index is 2.00. The summed E-state index contributed by atoms with van der Waals surface area (Å²) in [6.45, 7) is 1.16. The number of aromatic nitrogens is 2. The number of nitrogens with one attached hydrogen (secondary N) is 1. The molecule has 0 spiro atoms. The van der Waals surface area contributed by atoms with Gasteiger partial charge in [-0.15, -0.1) is 0 Å². The number of H-pyrrole nitrogens is 1. The third kappa shape index (κ3) is 1.88. The van der Waals surface area contributed by atoms with Crippen molar-refractivity contribution in [1.29, 1.82) is 0 Å². The van der Waals surface area contributed by atoms with Crippen LogP contribution in [0.2, 0.25) is 0 Å². The van der Waals surface area contributed by atoms with Crippen LogP contribution in [-0.4, -0.2) is 41.4 Å². The van der Waals surface area contributed by atoms with Gasteiger partial charge in [0, 0.05) is 17.8 Å². The predicted octanol–water partition coefficient (Wildman–Crippen LogP) is 2.46. The lowest BCUT2D eigenvalue weighted by atomic mass is 9.87. The topological polar surface area (TPSA) is 31.9 Å². The van der Waals surface area contributed by atoms with E-state index in [2.05, 4.69) is 10.2 Å². The van der Waals surface area contributed by atoms with Gasteiger partial charge in [0.2, 0.25) is 0 Å². The van der Waals surface area contributed by atoms with Crippen LogP contribution in [0.25, 0.3) is 10.9 Å². The summed E-state index contributed by atoms with van der Waals surface area (Å²) < 4.78 is 28.1. The molecule has 3 rings (SSSR count). The smallest absolute Gasteiger partial charge is 0.127 e. The average Bonchev–Trinajstić information content (AvgIpc) is 2.75. The highest BCUT2D eigenvalue weighted by atomic mass is 19.1. The molecule has 0 radical (unpaired) electrons. The van der Waals surface area contributed by atoms with Gasteiger partial charge in [-0.25, -0.2) is 8.78 Å². The second kappa shape index (κ2) is 4.31. The quantitative estimate of drug-likeness (QED) is 0.844. The number of benzene rings is 1. The molecule has 1 fully saturated rings. The Morgan fingerprint density at radius 2 is 2.28 bits per heavy atom. The number of hydrogen-bond acceptors (Lipinski definition) is 2. The zero-order valence-corrected chi connectivity index (χ0v) is 10.2. The monoisotopic (exact) mass is 251 g/mol. The van der Waals surface area contributed by atoms with Crippen molar-refractivity contribution in [3.05, 3.63) is 29.7 Å². The molecule has 1 aromatic heterocycles. The summed E-state index contributed by atoms with van der Waals surface area (Å²) in [5.41, 5.74) is 1.23. The molecule has 3 nitrogen and oxygen atoms in total. The van der Waals surface area contributed by atoms with Gasteiger partial charge < -0.3 is 4.90 Å². The van der Waals surface area contributed by atoms with Crippen molar-refractivity contribution in [3.63, 3.8) is 0 Å². The standard InChI is InChI=1S/C13H15F2N3/c1-18-3-2-9(12(15)7-18)10-5-13-8(4-11(10)14)6-16-17-13/h4-6,9,12H,2-3,7H2,1H3,(H,16,17). The van der Waals surface area contributed by atoms with Gasteiger partial charge in [0.1, 0.15) is 12.0 Å². The average molecular weight is 251 g/mol. The van der Waals surface area contributed by atoms with Crippen LogP contribution < -0.4 is 0 Å². The zero-order chi connectivity index (χ0) is 12.7. The lowest BCUT2D eigenvalue weighted by molar-refractivity contribution is 0.137. The molecular weight excluding hydrogens is 236 g/mol. The van der Waals surface area contributed by atoms with Crippen molar-refractivity contribution in [2.45, 2.75) is 18.5 Å². The molecule has 2 atom stereocenters. The fourth-order valence-electron chi connectivity index (χ4n) is 2.67. The summed E-state index contributed by atoms with van der Waals surface area (Å²) in [5.74, 6) is -0.685. The highest BCUT2D eigenvalue weighted by Crippen LogP contribution is 2.33. The highest BCUT2D eigenvalue weighted by Gasteiger charge is 2.30. The fourth-order valence-corrected chi connectivity index (χ4v) is 2.67. The van der Waals surface area contributed by atoms with Gasteiger partial charge in [0.05, 0.1) is 11.7 Å². The molecule has 0 bridgehead atoms. The third-order valence-electron chi connectivity index (χ3n) is 3.70. The Bertz CT molecular complexity index is 566. The Morgan fingerprint density at radius 3 is 3.06 bits per heavy atom. The number of hydrogen-bond donors (Lipinski definition) is 1. The minimum Gasteiger partial charge on any atom is -0.303 e. The summed E-state index contributed by atoms with van der Waals surface area (Å²) in [5, 5.41) is 7.39. The maximum absolute atomic E-state index is 14.1. The van der Waals surface area contributed by atoms with E-state index in [0.29, 0.717) is 18.5 Å². The van der Waals surface area contributed by atoms with E-state index >= 15 is 0 Å². The lowest BCUT2D eigenvalue weighted by Gasteiger charge is -2.32. The second-order valence-electron chi connectivity index (χ2n) is 5.00. The van der Waals surface area contributed by atoms with E-state index in [-0.39, 0.29) is 11.7 Å². The Morgan fingerprint density at radius 1 is 1.44 bits per heavy atom. The van der Waals surface area contributed by atoms with Crippen LogP contribution in [0.4, 0.5) is 8.78 Å². The number of piperidine rings is 1. The van der Waals surface area contributed by atoms with Crippen molar-refractivity contribution >= 4 is 10.9 Å². The van der Waals surface area contributed by atoms with Gasteiger partial charge in [0.25, 0.3) is 0 Å². The number of fused-ring (bicyclic) bond motifs is 1. The van der Waals surface area contributed by atoms with Gasteiger partial charge in [-0.1, -0.05) is 0 Å². The number of likely N-dealkylation sites (tertiary alicyclic amines) is 1. The first-order chi connectivity index (χ1) is 8.65. The maximum atomic E-state index is 14.1. The van der Waals surface area contributed by atoms with Crippen LogP contribution in [0.3, 0.4) is 0 Å². The summed E-state index contributed by atoms with van der Waals surface area (Å²) in [6.07, 6.45) is 1.21. The first kappa shape index (κ1) is 11.6. The minimum absolute atomic E-state index is 0.332. The minimum atomic E-state index is -1.02. The molecule has 2 unspecified atom stereocenters. The first-order valence-electron chi connectivity index (χ1n) is 6.10. The van der Waals surface area contributed by atoms with Crippen LogP contribution in [0.1, 0.15) is 17.9 Å². The number of alkyl halides is 1. The van der Waals surface area contributed by atoms with Gasteiger partial charge >= 0.3 is 0 Å². The molecule has 1 aliphatic rings. The van der Waals surface area contributed by atoms with E-state index < -0.39 is 6.17 Å². The lowest BCUT2D eigenvalue weighted by Crippen LogP contribution is -2.38. The maximum Gasteiger partial charge on any atom is 0.127 e. The summed E-state index contributed by atoms with van der Waals surface area (Å²) in [6, 6.07) is 3.12. The van der Waals surface area contributed by atoms with E-state index in [1.165, 1.54) is 6.07 Å².